The summed E-state index contributed by atoms with van der Waals surface area (Å²) in [5.74, 6) is 0. The quantitative estimate of drug-likeness (QED) is 0.317. The van der Waals surface area contributed by atoms with Crippen LogP contribution in [0.2, 0.25) is 0 Å². The van der Waals surface area contributed by atoms with Gasteiger partial charge in [-0.1, -0.05) is 58.8 Å². The van der Waals surface area contributed by atoms with Gasteiger partial charge in [0.25, 0.3) is 0 Å². The lowest BCUT2D eigenvalue weighted by Gasteiger charge is -2.01. The van der Waals surface area contributed by atoms with E-state index in [1.165, 1.54) is 64.2 Å². The lowest BCUT2D eigenvalue weighted by atomic mass is 10.1. The number of hydrogen-bond acceptors (Lipinski definition) is 1. The summed E-state index contributed by atoms with van der Waals surface area (Å²) >= 11 is 0. The molecule has 0 bridgehead atoms. The second-order valence-electron chi connectivity index (χ2n) is 4.51. The van der Waals surface area contributed by atoms with Gasteiger partial charge in [-0.05, 0) is 25.3 Å². The molecule has 0 aromatic heterocycles. The predicted octanol–water partition coefficient (Wildman–Crippen LogP) is 5.46. The van der Waals surface area contributed by atoms with Crippen LogP contribution in [-0.2, 0) is 4.74 Å². The van der Waals surface area contributed by atoms with Crippen molar-refractivity contribution in [2.75, 3.05) is 6.61 Å². The number of ether oxygens (including phenoxy) is 1. The third-order valence-electron chi connectivity index (χ3n) is 2.78. The molecule has 0 saturated heterocycles. The summed E-state index contributed by atoms with van der Waals surface area (Å²) in [6.45, 7) is 5.39. The van der Waals surface area contributed by atoms with E-state index in [2.05, 4.69) is 19.9 Å². The Bertz CT molecular complexity index is 140. The highest BCUT2D eigenvalue weighted by Crippen LogP contribution is 2.05. The molecular weight excluding hydrogens is 196 g/mol. The average Bonchev–Trinajstić information content (AvgIpc) is 2.31. The molecule has 0 aliphatic heterocycles. The van der Waals surface area contributed by atoms with Crippen LogP contribution in [0.1, 0.15) is 78.1 Å². The molecule has 16 heavy (non-hydrogen) atoms. The second kappa shape index (κ2) is 14.5. The number of unbranched alkanes of at least 4 members (excludes halogenated alkanes) is 8. The molecule has 0 aliphatic rings. The van der Waals surface area contributed by atoms with E-state index in [9.17, 15) is 0 Å². The van der Waals surface area contributed by atoms with E-state index >= 15 is 0 Å². The van der Waals surface area contributed by atoms with Crippen molar-refractivity contribution in [3.8, 4) is 0 Å². The van der Waals surface area contributed by atoms with Crippen molar-refractivity contribution >= 4 is 0 Å². The molecule has 1 heteroatoms. The SMILES string of the molecule is CCCCCC=COCCCCCCCC. The first kappa shape index (κ1) is 15.5. The normalized spacial score (nSPS) is 11.1. The minimum atomic E-state index is 0.899. The maximum atomic E-state index is 5.44. The molecule has 0 heterocycles. The molecular formula is C15H30O. The Kier molecular flexibility index (Phi) is 14.1. The molecule has 0 unspecified atom stereocenters. The van der Waals surface area contributed by atoms with Crippen LogP contribution in [0.5, 0.6) is 0 Å². The standard InChI is InChI=1S/C15H30O/c1-3-5-7-9-11-13-15-16-14-12-10-8-6-4-2/h12,14H,3-11,13,15H2,1-2H3. The molecule has 96 valence electrons. The Balaban J connectivity index is 2.97. The van der Waals surface area contributed by atoms with E-state index in [-0.39, 0.29) is 0 Å². The highest BCUT2D eigenvalue weighted by Gasteiger charge is 1.89. The zero-order valence-corrected chi connectivity index (χ0v) is 11.3. The highest BCUT2D eigenvalue weighted by atomic mass is 16.5. The van der Waals surface area contributed by atoms with Crippen molar-refractivity contribution in [1.29, 1.82) is 0 Å². The Morgan fingerprint density at radius 2 is 1.38 bits per heavy atom. The third kappa shape index (κ3) is 13.5. The smallest absolute Gasteiger partial charge is 0.0873 e. The van der Waals surface area contributed by atoms with Gasteiger partial charge in [-0.3, -0.25) is 0 Å². The van der Waals surface area contributed by atoms with Crippen LogP contribution in [-0.4, -0.2) is 6.61 Å². The first-order valence-electron chi connectivity index (χ1n) is 7.18. The zero-order chi connectivity index (χ0) is 11.9. The van der Waals surface area contributed by atoms with Crippen molar-refractivity contribution in [2.45, 2.75) is 78.1 Å². The summed E-state index contributed by atoms with van der Waals surface area (Å²) in [4.78, 5) is 0. The lowest BCUT2D eigenvalue weighted by Crippen LogP contribution is -1.88. The fraction of sp³-hybridized carbons (Fsp3) is 0.867. The van der Waals surface area contributed by atoms with E-state index in [1.54, 1.807) is 0 Å². The summed E-state index contributed by atoms with van der Waals surface area (Å²) in [6, 6.07) is 0. The van der Waals surface area contributed by atoms with Gasteiger partial charge >= 0.3 is 0 Å². The van der Waals surface area contributed by atoms with Gasteiger partial charge < -0.3 is 4.74 Å². The number of allylic oxidation sites excluding steroid dienone is 1. The second-order valence-corrected chi connectivity index (χ2v) is 4.51. The molecule has 0 aromatic carbocycles. The molecule has 0 aromatic rings. The largest absolute Gasteiger partial charge is 0.502 e. The van der Waals surface area contributed by atoms with Crippen molar-refractivity contribution < 1.29 is 4.74 Å². The van der Waals surface area contributed by atoms with Crippen LogP contribution < -0.4 is 0 Å². The van der Waals surface area contributed by atoms with Gasteiger partial charge in [0.1, 0.15) is 0 Å². The van der Waals surface area contributed by atoms with E-state index in [0.29, 0.717) is 0 Å². The third-order valence-corrected chi connectivity index (χ3v) is 2.78. The topological polar surface area (TPSA) is 9.23 Å². The van der Waals surface area contributed by atoms with Crippen molar-refractivity contribution in [3.63, 3.8) is 0 Å². The molecule has 0 aliphatic carbocycles. The van der Waals surface area contributed by atoms with Crippen LogP contribution in [0.25, 0.3) is 0 Å². The Hall–Kier alpha value is -0.460. The average molecular weight is 226 g/mol. The number of hydrogen-bond donors (Lipinski definition) is 0. The Morgan fingerprint density at radius 1 is 0.750 bits per heavy atom. The van der Waals surface area contributed by atoms with Gasteiger partial charge in [0, 0.05) is 0 Å². The van der Waals surface area contributed by atoms with Crippen LogP contribution in [0.4, 0.5) is 0 Å². The summed E-state index contributed by atoms with van der Waals surface area (Å²) in [5.41, 5.74) is 0. The minimum absolute atomic E-state index is 0.899. The van der Waals surface area contributed by atoms with E-state index < -0.39 is 0 Å². The lowest BCUT2D eigenvalue weighted by molar-refractivity contribution is 0.239. The molecule has 1 nitrogen and oxygen atoms in total. The van der Waals surface area contributed by atoms with Gasteiger partial charge in [-0.25, -0.2) is 0 Å². The molecule has 0 saturated carbocycles. The first-order valence-corrected chi connectivity index (χ1v) is 7.18. The van der Waals surface area contributed by atoms with Crippen molar-refractivity contribution in [2.24, 2.45) is 0 Å². The maximum Gasteiger partial charge on any atom is 0.0873 e. The fourth-order valence-electron chi connectivity index (χ4n) is 1.68. The summed E-state index contributed by atoms with van der Waals surface area (Å²) in [7, 11) is 0. The fourth-order valence-corrected chi connectivity index (χ4v) is 1.68. The first-order chi connectivity index (χ1) is 7.91. The van der Waals surface area contributed by atoms with Crippen molar-refractivity contribution in [3.05, 3.63) is 12.3 Å². The molecule has 0 fully saturated rings. The van der Waals surface area contributed by atoms with Gasteiger partial charge in [-0.2, -0.15) is 0 Å². The highest BCUT2D eigenvalue weighted by molar-refractivity contribution is 4.72. The van der Waals surface area contributed by atoms with Gasteiger partial charge in [0.2, 0.25) is 0 Å². The van der Waals surface area contributed by atoms with E-state index in [4.69, 9.17) is 4.74 Å². The van der Waals surface area contributed by atoms with Crippen molar-refractivity contribution in [1.82, 2.24) is 0 Å². The van der Waals surface area contributed by atoms with Crippen LogP contribution in [0.15, 0.2) is 12.3 Å². The van der Waals surface area contributed by atoms with Crippen LogP contribution in [0, 0.1) is 0 Å². The zero-order valence-electron chi connectivity index (χ0n) is 11.3. The molecule has 0 rings (SSSR count). The Morgan fingerprint density at radius 3 is 2.12 bits per heavy atom. The van der Waals surface area contributed by atoms with E-state index in [0.717, 1.165) is 6.61 Å². The molecule has 0 amide bonds. The van der Waals surface area contributed by atoms with Gasteiger partial charge in [-0.15, -0.1) is 0 Å². The van der Waals surface area contributed by atoms with E-state index in [1.807, 2.05) is 6.26 Å². The monoisotopic (exact) mass is 226 g/mol. The maximum absolute atomic E-state index is 5.44. The van der Waals surface area contributed by atoms with Gasteiger partial charge in [0.05, 0.1) is 12.9 Å². The van der Waals surface area contributed by atoms with Crippen LogP contribution in [0.3, 0.4) is 0 Å². The molecule has 0 N–H and O–H groups in total. The predicted molar refractivity (Wildman–Crippen MR) is 72.6 cm³/mol. The summed E-state index contributed by atoms with van der Waals surface area (Å²) in [5, 5.41) is 0. The molecule has 0 spiro atoms. The summed E-state index contributed by atoms with van der Waals surface area (Å²) in [6.07, 6.45) is 17.2. The minimum Gasteiger partial charge on any atom is -0.502 e. The molecule has 0 atom stereocenters. The van der Waals surface area contributed by atoms with Crippen LogP contribution >= 0.6 is 0 Å². The summed E-state index contributed by atoms with van der Waals surface area (Å²) < 4.78 is 5.44. The van der Waals surface area contributed by atoms with Gasteiger partial charge in [0.15, 0.2) is 0 Å². The Labute approximate surface area is 102 Å². The number of rotatable bonds is 12. The molecule has 0 radical (unpaired) electrons.